The zero-order valence-electron chi connectivity index (χ0n) is 9.74. The van der Waals surface area contributed by atoms with Gasteiger partial charge in [0.1, 0.15) is 5.82 Å². The maximum absolute atomic E-state index is 11.8. The monoisotopic (exact) mass is 250 g/mol. The molecule has 0 fully saturated rings. The van der Waals surface area contributed by atoms with Gasteiger partial charge in [0.25, 0.3) is 11.8 Å². The summed E-state index contributed by atoms with van der Waals surface area (Å²) in [4.78, 5) is 28.8. The minimum absolute atomic E-state index is 0.327. The van der Waals surface area contributed by atoms with Crippen molar-refractivity contribution >= 4 is 29.2 Å². The summed E-state index contributed by atoms with van der Waals surface area (Å²) in [6.45, 7) is 5.11. The Kier molecular flexibility index (Phi) is 2.75. The van der Waals surface area contributed by atoms with Crippen LogP contribution < -0.4 is 4.90 Å². The molecule has 0 aromatic carbocycles. The number of halogens is 1. The standard InChI is InChI=1S/C12H11ClN2O2/c1-6-4-9(13)8(3)14-11(6)15-10(16)5-7(2)12(15)17/h4-5H,1-3H3. The number of rotatable bonds is 1. The molecule has 17 heavy (non-hydrogen) atoms. The summed E-state index contributed by atoms with van der Waals surface area (Å²) in [5.41, 5.74) is 1.71. The van der Waals surface area contributed by atoms with Crippen LogP contribution in [-0.2, 0) is 9.59 Å². The molecule has 2 heterocycles. The lowest BCUT2D eigenvalue weighted by Gasteiger charge is -2.16. The molecule has 0 saturated carbocycles. The number of aryl methyl sites for hydroxylation is 2. The summed E-state index contributed by atoms with van der Waals surface area (Å²) >= 11 is 5.93. The highest BCUT2D eigenvalue weighted by atomic mass is 35.5. The molecule has 0 atom stereocenters. The van der Waals surface area contributed by atoms with Gasteiger partial charge >= 0.3 is 0 Å². The number of nitrogens with zero attached hydrogens (tertiary/aromatic N) is 2. The number of anilines is 1. The molecule has 2 rings (SSSR count). The summed E-state index contributed by atoms with van der Waals surface area (Å²) in [6, 6.07) is 1.70. The van der Waals surface area contributed by atoms with E-state index in [-0.39, 0.29) is 11.8 Å². The van der Waals surface area contributed by atoms with Crippen LogP contribution in [0.5, 0.6) is 0 Å². The number of carbonyl (C=O) groups excluding carboxylic acids is 2. The van der Waals surface area contributed by atoms with Gasteiger partial charge in [-0.3, -0.25) is 9.59 Å². The van der Waals surface area contributed by atoms with E-state index in [1.54, 1.807) is 26.8 Å². The lowest BCUT2D eigenvalue weighted by Crippen LogP contribution is -2.32. The van der Waals surface area contributed by atoms with E-state index >= 15 is 0 Å². The van der Waals surface area contributed by atoms with Crippen LogP contribution in [0.1, 0.15) is 18.2 Å². The Labute approximate surface area is 104 Å². The fourth-order valence-corrected chi connectivity index (χ4v) is 1.88. The number of pyridine rings is 1. The van der Waals surface area contributed by atoms with Crippen LogP contribution in [-0.4, -0.2) is 16.8 Å². The second-order valence-corrected chi connectivity index (χ2v) is 4.41. The summed E-state index contributed by atoms with van der Waals surface area (Å²) in [5, 5.41) is 0.523. The molecule has 0 unspecified atom stereocenters. The normalized spacial score (nSPS) is 15.5. The average molecular weight is 251 g/mol. The van der Waals surface area contributed by atoms with Crippen LogP contribution in [0.4, 0.5) is 5.82 Å². The summed E-state index contributed by atoms with van der Waals surface area (Å²) in [6.07, 6.45) is 1.31. The lowest BCUT2D eigenvalue weighted by molar-refractivity contribution is -0.120. The highest BCUT2D eigenvalue weighted by Gasteiger charge is 2.32. The van der Waals surface area contributed by atoms with E-state index in [1.165, 1.54) is 6.08 Å². The molecule has 0 aliphatic carbocycles. The van der Waals surface area contributed by atoms with E-state index in [4.69, 9.17) is 11.6 Å². The van der Waals surface area contributed by atoms with Crippen molar-refractivity contribution in [3.63, 3.8) is 0 Å². The molecule has 0 N–H and O–H groups in total. The molecule has 1 aromatic rings. The molecule has 4 nitrogen and oxygen atoms in total. The average Bonchev–Trinajstić information content (AvgIpc) is 2.48. The highest BCUT2D eigenvalue weighted by molar-refractivity contribution is 6.32. The number of hydrogen-bond acceptors (Lipinski definition) is 3. The van der Waals surface area contributed by atoms with Crippen LogP contribution in [0.3, 0.4) is 0 Å². The molecule has 5 heteroatoms. The van der Waals surface area contributed by atoms with Crippen LogP contribution in [0.15, 0.2) is 17.7 Å². The van der Waals surface area contributed by atoms with Crippen LogP contribution in [0.25, 0.3) is 0 Å². The molecule has 0 saturated heterocycles. The van der Waals surface area contributed by atoms with E-state index in [0.29, 0.717) is 27.7 Å². The molecule has 0 bridgehead atoms. The molecule has 2 amide bonds. The van der Waals surface area contributed by atoms with Gasteiger partial charge in [0.2, 0.25) is 0 Å². The van der Waals surface area contributed by atoms with E-state index in [2.05, 4.69) is 4.98 Å². The van der Waals surface area contributed by atoms with Crippen LogP contribution in [0, 0.1) is 13.8 Å². The Morgan fingerprint density at radius 1 is 1.24 bits per heavy atom. The molecule has 0 radical (unpaired) electrons. The van der Waals surface area contributed by atoms with Crippen molar-refractivity contribution in [1.29, 1.82) is 0 Å². The highest BCUT2D eigenvalue weighted by Crippen LogP contribution is 2.27. The van der Waals surface area contributed by atoms with Crippen molar-refractivity contribution in [3.05, 3.63) is 34.0 Å². The Morgan fingerprint density at radius 3 is 2.41 bits per heavy atom. The van der Waals surface area contributed by atoms with Gasteiger partial charge in [-0.1, -0.05) is 11.6 Å². The Hall–Kier alpha value is -1.68. The zero-order valence-corrected chi connectivity index (χ0v) is 10.5. The number of aromatic nitrogens is 1. The van der Waals surface area contributed by atoms with Crippen LogP contribution in [0.2, 0.25) is 5.02 Å². The topological polar surface area (TPSA) is 50.3 Å². The minimum Gasteiger partial charge on any atom is -0.269 e. The third-order valence-corrected chi connectivity index (χ3v) is 3.01. The third-order valence-electron chi connectivity index (χ3n) is 2.63. The summed E-state index contributed by atoms with van der Waals surface area (Å²) in [5.74, 6) is -0.327. The second-order valence-electron chi connectivity index (χ2n) is 4.00. The van der Waals surface area contributed by atoms with Gasteiger partial charge in [-0.2, -0.15) is 0 Å². The molecular weight excluding hydrogens is 240 g/mol. The van der Waals surface area contributed by atoms with Crippen molar-refractivity contribution in [2.45, 2.75) is 20.8 Å². The zero-order chi connectivity index (χ0) is 12.7. The van der Waals surface area contributed by atoms with Gasteiger partial charge < -0.3 is 0 Å². The van der Waals surface area contributed by atoms with Crippen molar-refractivity contribution in [3.8, 4) is 0 Å². The quantitative estimate of drug-likeness (QED) is 0.718. The number of amides is 2. The van der Waals surface area contributed by atoms with Crippen LogP contribution >= 0.6 is 11.6 Å². The van der Waals surface area contributed by atoms with Crippen molar-refractivity contribution in [2.24, 2.45) is 0 Å². The first kappa shape index (κ1) is 11.8. The predicted molar refractivity (Wildman–Crippen MR) is 65.0 cm³/mol. The van der Waals surface area contributed by atoms with Gasteiger partial charge in [-0.05, 0) is 32.4 Å². The lowest BCUT2D eigenvalue weighted by atomic mass is 10.2. The molecule has 0 spiro atoms. The van der Waals surface area contributed by atoms with E-state index in [0.717, 1.165) is 4.90 Å². The fourth-order valence-electron chi connectivity index (χ4n) is 1.67. The molecule has 1 aliphatic rings. The second kappa shape index (κ2) is 3.96. The van der Waals surface area contributed by atoms with Crippen molar-refractivity contribution in [1.82, 2.24) is 4.98 Å². The predicted octanol–water partition coefficient (Wildman–Crippen LogP) is 2.17. The smallest absolute Gasteiger partial charge is 0.262 e. The van der Waals surface area contributed by atoms with Gasteiger partial charge in [-0.25, -0.2) is 9.88 Å². The van der Waals surface area contributed by atoms with Gasteiger partial charge in [0, 0.05) is 11.6 Å². The largest absolute Gasteiger partial charge is 0.269 e. The van der Waals surface area contributed by atoms with Crippen molar-refractivity contribution in [2.75, 3.05) is 4.90 Å². The molecular formula is C12H11ClN2O2. The summed E-state index contributed by atoms with van der Waals surface area (Å²) < 4.78 is 0. The fraction of sp³-hybridized carbons (Fsp3) is 0.250. The molecule has 1 aromatic heterocycles. The first-order valence-corrected chi connectivity index (χ1v) is 5.50. The first-order chi connectivity index (χ1) is 7.91. The molecule has 88 valence electrons. The Morgan fingerprint density at radius 2 is 1.88 bits per heavy atom. The van der Waals surface area contributed by atoms with E-state index < -0.39 is 0 Å². The third kappa shape index (κ3) is 1.85. The van der Waals surface area contributed by atoms with E-state index in [9.17, 15) is 9.59 Å². The Bertz CT molecular complexity index is 564. The van der Waals surface area contributed by atoms with E-state index in [1.807, 2.05) is 0 Å². The van der Waals surface area contributed by atoms with Crippen molar-refractivity contribution < 1.29 is 9.59 Å². The minimum atomic E-state index is -0.357. The SMILES string of the molecule is CC1=CC(=O)N(c2nc(C)c(Cl)cc2C)C1=O. The van der Waals surface area contributed by atoms with Gasteiger partial charge in [-0.15, -0.1) is 0 Å². The number of imide groups is 1. The molecule has 1 aliphatic heterocycles. The number of hydrogen-bond donors (Lipinski definition) is 0. The maximum atomic E-state index is 11.8. The maximum Gasteiger partial charge on any atom is 0.262 e. The number of carbonyl (C=O) groups is 2. The Balaban J connectivity index is 2.53. The summed E-state index contributed by atoms with van der Waals surface area (Å²) in [7, 11) is 0. The van der Waals surface area contributed by atoms with Gasteiger partial charge in [0.05, 0.1) is 10.7 Å². The van der Waals surface area contributed by atoms with Gasteiger partial charge in [0.15, 0.2) is 0 Å². The first-order valence-electron chi connectivity index (χ1n) is 5.12.